The molecule has 0 saturated heterocycles. The van der Waals surface area contributed by atoms with Gasteiger partial charge in [-0.3, -0.25) is 0 Å². The van der Waals surface area contributed by atoms with E-state index in [2.05, 4.69) is 24.3 Å². The standard InChI is InChI=1S/C11H26N2O2/c1-11(9-14,10-15)8-12-6-4-5-7-13(2)3/h12,14-15H,4-10H2,1-3H3. The first-order chi connectivity index (χ1) is 7.04. The van der Waals surface area contributed by atoms with Gasteiger partial charge in [0.1, 0.15) is 0 Å². The van der Waals surface area contributed by atoms with Gasteiger partial charge in [-0.05, 0) is 40.0 Å². The second-order valence-electron chi connectivity index (χ2n) is 4.81. The van der Waals surface area contributed by atoms with Crippen LogP contribution >= 0.6 is 0 Å². The van der Waals surface area contributed by atoms with Crippen molar-refractivity contribution >= 4 is 0 Å². The van der Waals surface area contributed by atoms with E-state index >= 15 is 0 Å². The third kappa shape index (κ3) is 7.73. The van der Waals surface area contributed by atoms with Crippen molar-refractivity contribution in [1.29, 1.82) is 0 Å². The van der Waals surface area contributed by atoms with Crippen LogP contribution in [0.5, 0.6) is 0 Å². The molecule has 0 fully saturated rings. The first-order valence-corrected chi connectivity index (χ1v) is 5.61. The lowest BCUT2D eigenvalue weighted by Crippen LogP contribution is -2.38. The van der Waals surface area contributed by atoms with Gasteiger partial charge in [0, 0.05) is 12.0 Å². The summed E-state index contributed by atoms with van der Waals surface area (Å²) in [5.74, 6) is 0. The maximum atomic E-state index is 9.05. The van der Waals surface area contributed by atoms with Crippen LogP contribution in [-0.4, -0.2) is 62.1 Å². The van der Waals surface area contributed by atoms with Crippen LogP contribution in [0.1, 0.15) is 19.8 Å². The number of aliphatic hydroxyl groups is 2. The van der Waals surface area contributed by atoms with Crippen molar-refractivity contribution < 1.29 is 10.2 Å². The van der Waals surface area contributed by atoms with E-state index in [1.807, 2.05) is 6.92 Å². The molecular formula is C11H26N2O2. The van der Waals surface area contributed by atoms with Gasteiger partial charge in [-0.15, -0.1) is 0 Å². The fourth-order valence-electron chi connectivity index (χ4n) is 1.23. The van der Waals surface area contributed by atoms with Gasteiger partial charge in [0.15, 0.2) is 0 Å². The second kappa shape index (κ2) is 8.05. The number of nitrogens with one attached hydrogen (secondary N) is 1. The molecule has 0 radical (unpaired) electrons. The van der Waals surface area contributed by atoms with E-state index in [1.165, 1.54) is 6.42 Å². The smallest absolute Gasteiger partial charge is 0.0518 e. The van der Waals surface area contributed by atoms with Gasteiger partial charge in [0.25, 0.3) is 0 Å². The zero-order chi connectivity index (χ0) is 11.7. The SMILES string of the molecule is CN(C)CCCCNCC(C)(CO)CO. The van der Waals surface area contributed by atoms with Crippen LogP contribution in [0.15, 0.2) is 0 Å². The summed E-state index contributed by atoms with van der Waals surface area (Å²) in [5.41, 5.74) is -0.387. The minimum atomic E-state index is -0.387. The number of hydrogen-bond acceptors (Lipinski definition) is 4. The second-order valence-corrected chi connectivity index (χ2v) is 4.81. The summed E-state index contributed by atoms with van der Waals surface area (Å²) in [7, 11) is 4.14. The molecule has 0 bridgehead atoms. The van der Waals surface area contributed by atoms with Gasteiger partial charge >= 0.3 is 0 Å². The van der Waals surface area contributed by atoms with E-state index in [1.54, 1.807) is 0 Å². The van der Waals surface area contributed by atoms with Crippen LogP contribution in [0.2, 0.25) is 0 Å². The van der Waals surface area contributed by atoms with Gasteiger partial charge in [-0.2, -0.15) is 0 Å². The van der Waals surface area contributed by atoms with E-state index in [4.69, 9.17) is 10.2 Å². The van der Waals surface area contributed by atoms with Crippen LogP contribution in [0.25, 0.3) is 0 Å². The highest BCUT2D eigenvalue weighted by molar-refractivity contribution is 4.74. The van der Waals surface area contributed by atoms with Crippen LogP contribution < -0.4 is 5.32 Å². The number of hydrogen-bond donors (Lipinski definition) is 3. The number of unbranched alkanes of at least 4 members (excludes halogenated alkanes) is 1. The Balaban J connectivity index is 3.37. The molecule has 0 aliphatic heterocycles. The predicted molar refractivity (Wildman–Crippen MR) is 62.9 cm³/mol. The Labute approximate surface area is 93.3 Å². The lowest BCUT2D eigenvalue weighted by molar-refractivity contribution is 0.0698. The number of rotatable bonds is 9. The van der Waals surface area contributed by atoms with E-state index in [0.717, 1.165) is 19.5 Å². The highest BCUT2D eigenvalue weighted by Gasteiger charge is 2.21. The van der Waals surface area contributed by atoms with E-state index in [0.29, 0.717) is 6.54 Å². The summed E-state index contributed by atoms with van der Waals surface area (Å²) in [6.45, 7) is 4.65. The minimum absolute atomic E-state index is 0.0220. The Hall–Kier alpha value is -0.160. The lowest BCUT2D eigenvalue weighted by atomic mass is 9.93. The van der Waals surface area contributed by atoms with Crippen LogP contribution in [0.3, 0.4) is 0 Å². The van der Waals surface area contributed by atoms with E-state index < -0.39 is 0 Å². The van der Waals surface area contributed by atoms with Gasteiger partial charge in [0.05, 0.1) is 13.2 Å². The number of nitrogens with zero attached hydrogens (tertiary/aromatic N) is 1. The molecule has 0 rings (SSSR count). The third-order valence-electron chi connectivity index (χ3n) is 2.52. The quantitative estimate of drug-likeness (QED) is 0.473. The average molecular weight is 218 g/mol. The summed E-state index contributed by atoms with van der Waals surface area (Å²) >= 11 is 0. The zero-order valence-corrected chi connectivity index (χ0v) is 10.3. The van der Waals surface area contributed by atoms with Crippen LogP contribution in [0.4, 0.5) is 0 Å². The molecule has 0 spiro atoms. The third-order valence-corrected chi connectivity index (χ3v) is 2.52. The molecule has 0 aromatic heterocycles. The highest BCUT2D eigenvalue weighted by atomic mass is 16.3. The maximum absolute atomic E-state index is 9.05. The highest BCUT2D eigenvalue weighted by Crippen LogP contribution is 2.11. The first-order valence-electron chi connectivity index (χ1n) is 5.61. The molecule has 0 aromatic rings. The summed E-state index contributed by atoms with van der Waals surface area (Å²) in [6.07, 6.45) is 2.31. The van der Waals surface area contributed by atoms with Crippen LogP contribution in [0, 0.1) is 5.41 Å². The molecule has 0 heterocycles. The molecule has 0 aromatic carbocycles. The Morgan fingerprint density at radius 3 is 2.20 bits per heavy atom. The molecule has 4 heteroatoms. The normalized spacial score (nSPS) is 12.4. The molecule has 4 nitrogen and oxygen atoms in total. The molecular weight excluding hydrogens is 192 g/mol. The summed E-state index contributed by atoms with van der Waals surface area (Å²) in [4.78, 5) is 2.17. The van der Waals surface area contributed by atoms with Gasteiger partial charge in [-0.1, -0.05) is 6.92 Å². The Bertz CT molecular complexity index is 148. The van der Waals surface area contributed by atoms with Gasteiger partial charge in [-0.25, -0.2) is 0 Å². The Kier molecular flexibility index (Phi) is 7.96. The molecule has 0 aliphatic rings. The van der Waals surface area contributed by atoms with Crippen molar-refractivity contribution in [2.75, 3.05) is 46.9 Å². The molecule has 15 heavy (non-hydrogen) atoms. The van der Waals surface area contributed by atoms with Crippen molar-refractivity contribution in [2.45, 2.75) is 19.8 Å². The van der Waals surface area contributed by atoms with E-state index in [9.17, 15) is 0 Å². The molecule has 0 atom stereocenters. The van der Waals surface area contributed by atoms with Crippen molar-refractivity contribution in [1.82, 2.24) is 10.2 Å². The van der Waals surface area contributed by atoms with Gasteiger partial charge < -0.3 is 20.4 Å². The number of aliphatic hydroxyl groups excluding tert-OH is 2. The van der Waals surface area contributed by atoms with Crippen molar-refractivity contribution in [2.24, 2.45) is 5.41 Å². The Morgan fingerprint density at radius 2 is 1.73 bits per heavy atom. The summed E-state index contributed by atoms with van der Waals surface area (Å²) < 4.78 is 0. The van der Waals surface area contributed by atoms with Crippen molar-refractivity contribution in [3.8, 4) is 0 Å². The largest absolute Gasteiger partial charge is 0.396 e. The fourth-order valence-corrected chi connectivity index (χ4v) is 1.23. The van der Waals surface area contributed by atoms with Crippen molar-refractivity contribution in [3.63, 3.8) is 0 Å². The topological polar surface area (TPSA) is 55.7 Å². The lowest BCUT2D eigenvalue weighted by Gasteiger charge is -2.24. The van der Waals surface area contributed by atoms with Crippen molar-refractivity contribution in [3.05, 3.63) is 0 Å². The predicted octanol–water partition coefficient (Wildman–Crippen LogP) is -0.0913. The Morgan fingerprint density at radius 1 is 1.13 bits per heavy atom. The fraction of sp³-hybridized carbons (Fsp3) is 1.00. The first kappa shape index (κ1) is 14.8. The summed E-state index contributed by atoms with van der Waals surface area (Å²) in [5, 5.41) is 21.4. The average Bonchev–Trinajstić information content (AvgIpc) is 2.22. The molecule has 92 valence electrons. The zero-order valence-electron chi connectivity index (χ0n) is 10.3. The minimum Gasteiger partial charge on any atom is -0.396 e. The molecule has 0 aliphatic carbocycles. The maximum Gasteiger partial charge on any atom is 0.0518 e. The summed E-state index contributed by atoms with van der Waals surface area (Å²) in [6, 6.07) is 0. The monoisotopic (exact) mass is 218 g/mol. The van der Waals surface area contributed by atoms with E-state index in [-0.39, 0.29) is 18.6 Å². The molecule has 3 N–H and O–H groups in total. The van der Waals surface area contributed by atoms with Crippen LogP contribution in [-0.2, 0) is 0 Å². The molecule has 0 saturated carbocycles. The molecule has 0 amide bonds. The van der Waals surface area contributed by atoms with Gasteiger partial charge in [0.2, 0.25) is 0 Å². The molecule has 0 unspecified atom stereocenters.